The number of phenols is 2. The van der Waals surface area contributed by atoms with Crippen LogP contribution in [0, 0.1) is 0 Å². The zero-order chi connectivity index (χ0) is 14.1. The van der Waals surface area contributed by atoms with Gasteiger partial charge in [0.15, 0.2) is 11.5 Å². The van der Waals surface area contributed by atoms with Gasteiger partial charge in [0.05, 0.1) is 0 Å². The maximum absolute atomic E-state index is 9.78. The van der Waals surface area contributed by atoms with Gasteiger partial charge in [0, 0.05) is 17.5 Å². The lowest BCUT2D eigenvalue weighted by molar-refractivity contribution is 0.402. The first-order valence-electron chi connectivity index (χ1n) is 6.66. The first kappa shape index (κ1) is 16.1. The normalized spacial score (nSPS) is 17.5. The maximum atomic E-state index is 9.78. The highest BCUT2D eigenvalue weighted by Gasteiger charge is 2.22. The zero-order valence-corrected chi connectivity index (χ0v) is 13.8. The van der Waals surface area contributed by atoms with Gasteiger partial charge in [-0.3, -0.25) is 0 Å². The Bertz CT molecular complexity index is 631. The molecular formula is C16H17BrClNO2. The van der Waals surface area contributed by atoms with Crippen molar-refractivity contribution in [2.75, 3.05) is 13.1 Å². The van der Waals surface area contributed by atoms with Crippen molar-refractivity contribution < 1.29 is 10.2 Å². The van der Waals surface area contributed by atoms with Crippen LogP contribution >= 0.6 is 28.6 Å². The summed E-state index contributed by atoms with van der Waals surface area (Å²) in [5.74, 6) is 0.0291. The molecule has 3 N–H and O–H groups in total. The average molecular weight is 371 g/mol. The summed E-state index contributed by atoms with van der Waals surface area (Å²) in [7, 11) is 0. The van der Waals surface area contributed by atoms with Crippen molar-refractivity contribution in [2.24, 2.45) is 0 Å². The molecule has 0 aromatic heterocycles. The van der Waals surface area contributed by atoms with Gasteiger partial charge in [0.2, 0.25) is 0 Å². The number of benzene rings is 2. The Kier molecular flexibility index (Phi) is 5.14. The van der Waals surface area contributed by atoms with E-state index in [1.165, 1.54) is 0 Å². The van der Waals surface area contributed by atoms with Gasteiger partial charge in [-0.2, -0.15) is 0 Å². The molecule has 1 unspecified atom stereocenters. The zero-order valence-electron chi connectivity index (χ0n) is 11.3. The highest BCUT2D eigenvalue weighted by molar-refractivity contribution is 8.93. The van der Waals surface area contributed by atoms with Crippen LogP contribution in [0.1, 0.15) is 22.6 Å². The Hall–Kier alpha value is -1.23. The second-order valence-corrected chi connectivity index (χ2v) is 5.53. The van der Waals surface area contributed by atoms with Gasteiger partial charge in [0.25, 0.3) is 0 Å². The van der Waals surface area contributed by atoms with E-state index in [0.717, 1.165) is 36.2 Å². The largest absolute Gasteiger partial charge is 0.504 e. The highest BCUT2D eigenvalue weighted by Crippen LogP contribution is 2.36. The van der Waals surface area contributed by atoms with E-state index in [9.17, 15) is 10.2 Å². The van der Waals surface area contributed by atoms with Crippen molar-refractivity contribution in [3.63, 3.8) is 0 Å². The predicted molar refractivity (Wildman–Crippen MR) is 90.0 cm³/mol. The molecule has 3 rings (SSSR count). The Balaban J connectivity index is 0.00000161. The van der Waals surface area contributed by atoms with Crippen LogP contribution in [0.4, 0.5) is 0 Å². The second-order valence-electron chi connectivity index (χ2n) is 5.10. The van der Waals surface area contributed by atoms with Crippen LogP contribution in [-0.4, -0.2) is 23.3 Å². The molecule has 0 saturated carbocycles. The minimum Gasteiger partial charge on any atom is -0.504 e. The van der Waals surface area contributed by atoms with Gasteiger partial charge in [-0.1, -0.05) is 23.7 Å². The molecule has 0 saturated heterocycles. The lowest BCUT2D eigenvalue weighted by Crippen LogP contribution is -2.20. The van der Waals surface area contributed by atoms with Crippen LogP contribution in [0.2, 0.25) is 5.02 Å². The van der Waals surface area contributed by atoms with E-state index in [1.54, 1.807) is 12.1 Å². The fourth-order valence-corrected chi connectivity index (χ4v) is 2.88. The van der Waals surface area contributed by atoms with Crippen LogP contribution in [0.25, 0.3) is 0 Å². The third-order valence-corrected chi connectivity index (χ3v) is 4.06. The molecule has 0 aliphatic carbocycles. The quantitative estimate of drug-likeness (QED) is 0.672. The topological polar surface area (TPSA) is 52.5 Å². The number of fused-ring (bicyclic) bond motifs is 1. The van der Waals surface area contributed by atoms with E-state index in [2.05, 4.69) is 5.32 Å². The molecule has 1 aliphatic rings. The highest BCUT2D eigenvalue weighted by atomic mass is 79.9. The Morgan fingerprint density at radius 2 is 1.71 bits per heavy atom. The predicted octanol–water partition coefficient (Wildman–Crippen LogP) is 3.61. The van der Waals surface area contributed by atoms with E-state index in [4.69, 9.17) is 11.6 Å². The molecule has 2 aromatic carbocycles. The van der Waals surface area contributed by atoms with Gasteiger partial charge >= 0.3 is 0 Å². The molecule has 2 aromatic rings. The molecule has 112 valence electrons. The van der Waals surface area contributed by atoms with Crippen molar-refractivity contribution in [3.05, 3.63) is 58.1 Å². The van der Waals surface area contributed by atoms with Crippen LogP contribution in [-0.2, 0) is 6.42 Å². The number of halogens is 2. The Labute approximate surface area is 139 Å². The molecule has 1 heterocycles. The van der Waals surface area contributed by atoms with Crippen molar-refractivity contribution in [1.29, 1.82) is 0 Å². The first-order valence-corrected chi connectivity index (χ1v) is 7.04. The number of phenolic OH excluding ortho intramolecular Hbond substituents is 2. The van der Waals surface area contributed by atoms with Gasteiger partial charge in [-0.05, 0) is 53.9 Å². The van der Waals surface area contributed by atoms with Crippen LogP contribution in [0.5, 0.6) is 11.5 Å². The third kappa shape index (κ3) is 3.34. The summed E-state index contributed by atoms with van der Waals surface area (Å²) in [5.41, 5.74) is 3.29. The Morgan fingerprint density at radius 1 is 1.05 bits per heavy atom. The summed E-state index contributed by atoms with van der Waals surface area (Å²) < 4.78 is 0. The van der Waals surface area contributed by atoms with E-state index in [0.29, 0.717) is 5.02 Å². The summed E-state index contributed by atoms with van der Waals surface area (Å²) >= 11 is 5.94. The van der Waals surface area contributed by atoms with Crippen molar-refractivity contribution in [1.82, 2.24) is 5.32 Å². The van der Waals surface area contributed by atoms with Gasteiger partial charge < -0.3 is 15.5 Å². The average Bonchev–Trinajstić information content (AvgIpc) is 2.63. The number of aromatic hydroxyl groups is 2. The molecule has 1 aliphatic heterocycles. The van der Waals surface area contributed by atoms with E-state index in [-0.39, 0.29) is 34.4 Å². The fraction of sp³-hybridized carbons (Fsp3) is 0.250. The van der Waals surface area contributed by atoms with Gasteiger partial charge in [0.1, 0.15) is 0 Å². The number of nitrogens with one attached hydrogen (secondary N) is 1. The molecule has 0 radical (unpaired) electrons. The summed E-state index contributed by atoms with van der Waals surface area (Å²) in [6.07, 6.45) is 0.841. The molecule has 0 fully saturated rings. The summed E-state index contributed by atoms with van der Waals surface area (Å²) in [6.45, 7) is 1.67. The number of hydrogen-bond donors (Lipinski definition) is 3. The van der Waals surface area contributed by atoms with Crippen LogP contribution < -0.4 is 5.32 Å². The molecule has 5 heteroatoms. The van der Waals surface area contributed by atoms with E-state index >= 15 is 0 Å². The van der Waals surface area contributed by atoms with Gasteiger partial charge in [-0.25, -0.2) is 0 Å². The van der Waals surface area contributed by atoms with Gasteiger partial charge in [-0.15, -0.1) is 17.0 Å². The van der Waals surface area contributed by atoms with Crippen LogP contribution in [0.3, 0.4) is 0 Å². The lowest BCUT2D eigenvalue weighted by atomic mass is 9.88. The molecule has 0 spiro atoms. The van der Waals surface area contributed by atoms with Crippen LogP contribution in [0.15, 0.2) is 36.4 Å². The lowest BCUT2D eigenvalue weighted by Gasteiger charge is -2.19. The van der Waals surface area contributed by atoms with E-state index in [1.807, 2.05) is 24.3 Å². The molecule has 1 atom stereocenters. The summed E-state index contributed by atoms with van der Waals surface area (Å²) in [5, 5.41) is 23.6. The minimum absolute atomic E-state index is 0. The second kappa shape index (κ2) is 6.69. The van der Waals surface area contributed by atoms with E-state index < -0.39 is 0 Å². The van der Waals surface area contributed by atoms with Crippen molar-refractivity contribution in [3.8, 4) is 11.5 Å². The van der Waals surface area contributed by atoms with Crippen molar-refractivity contribution >= 4 is 28.6 Å². The summed E-state index contributed by atoms with van der Waals surface area (Å²) in [6, 6.07) is 11.1. The Morgan fingerprint density at radius 3 is 2.43 bits per heavy atom. The smallest absolute Gasteiger partial charge is 0.157 e. The SMILES string of the molecule is Br.Oc1cc2c(cc1O)C(c1ccc(Cl)cc1)CNCC2. The molecule has 0 amide bonds. The molecular weight excluding hydrogens is 354 g/mol. The monoisotopic (exact) mass is 369 g/mol. The first-order chi connectivity index (χ1) is 9.65. The summed E-state index contributed by atoms with van der Waals surface area (Å²) in [4.78, 5) is 0. The number of rotatable bonds is 1. The molecule has 21 heavy (non-hydrogen) atoms. The third-order valence-electron chi connectivity index (χ3n) is 3.80. The fourth-order valence-electron chi connectivity index (χ4n) is 2.75. The minimum atomic E-state index is -0.0652. The molecule has 3 nitrogen and oxygen atoms in total. The maximum Gasteiger partial charge on any atom is 0.157 e. The number of hydrogen-bond acceptors (Lipinski definition) is 3. The molecule has 0 bridgehead atoms. The van der Waals surface area contributed by atoms with Crippen molar-refractivity contribution in [2.45, 2.75) is 12.3 Å². The standard InChI is InChI=1S/C16H16ClNO2.BrH/c17-12-3-1-10(2-4-12)14-9-18-6-5-11-7-15(19)16(20)8-13(11)14;/h1-4,7-8,14,18-20H,5-6,9H2;1H.